The van der Waals surface area contributed by atoms with Gasteiger partial charge in [0.1, 0.15) is 10.8 Å². The predicted molar refractivity (Wildman–Crippen MR) is 70.8 cm³/mol. The Morgan fingerprint density at radius 3 is 2.95 bits per heavy atom. The molecule has 0 saturated heterocycles. The van der Waals surface area contributed by atoms with Gasteiger partial charge in [-0.1, -0.05) is 11.6 Å². The summed E-state index contributed by atoms with van der Waals surface area (Å²) in [6, 6.07) is 0. The fraction of sp³-hybridized carbons (Fsp3) is 0.333. The fourth-order valence-electron chi connectivity index (χ4n) is 1.58. The molecular formula is C12H14ClN5O. The van der Waals surface area contributed by atoms with Gasteiger partial charge in [-0.2, -0.15) is 0 Å². The van der Waals surface area contributed by atoms with E-state index in [1.165, 1.54) is 12.4 Å². The lowest BCUT2D eigenvalue weighted by Gasteiger charge is -2.05. The van der Waals surface area contributed by atoms with E-state index < -0.39 is 0 Å². The van der Waals surface area contributed by atoms with Crippen LogP contribution in [-0.4, -0.2) is 32.0 Å². The first-order valence-electron chi connectivity index (χ1n) is 5.97. The number of nitrogens with zero attached hydrogens (tertiary/aromatic N) is 4. The van der Waals surface area contributed by atoms with Crippen molar-refractivity contribution in [2.45, 2.75) is 19.4 Å². The van der Waals surface area contributed by atoms with Gasteiger partial charge in [0, 0.05) is 25.5 Å². The molecule has 0 unspecified atom stereocenters. The summed E-state index contributed by atoms with van der Waals surface area (Å²) in [5.41, 5.74) is 0.238. The molecule has 0 aromatic carbocycles. The number of unbranched alkanes of at least 4 members (excludes halogenated alkanes) is 1. The minimum absolute atomic E-state index is 0.216. The third-order valence-corrected chi connectivity index (χ3v) is 2.71. The summed E-state index contributed by atoms with van der Waals surface area (Å²) in [6.45, 7) is 1.49. The average molecular weight is 280 g/mol. The van der Waals surface area contributed by atoms with Gasteiger partial charge in [0.25, 0.3) is 5.91 Å². The molecule has 0 aliphatic rings. The Kier molecular flexibility index (Phi) is 4.85. The van der Waals surface area contributed by atoms with Crippen molar-refractivity contribution in [3.63, 3.8) is 0 Å². The summed E-state index contributed by atoms with van der Waals surface area (Å²) in [5, 5.41) is 3.00. The first-order valence-corrected chi connectivity index (χ1v) is 6.35. The predicted octanol–water partition coefficient (Wildman–Crippen LogP) is 1.54. The van der Waals surface area contributed by atoms with E-state index in [0.29, 0.717) is 6.54 Å². The second kappa shape index (κ2) is 6.84. The SMILES string of the molecule is O=C(NCCCCn1ccnc1)c1cncc(Cl)n1. The van der Waals surface area contributed by atoms with Gasteiger partial charge in [-0.25, -0.2) is 9.97 Å². The molecule has 0 radical (unpaired) electrons. The van der Waals surface area contributed by atoms with Gasteiger partial charge in [-0.3, -0.25) is 9.78 Å². The van der Waals surface area contributed by atoms with Gasteiger partial charge in [-0.05, 0) is 12.8 Å². The van der Waals surface area contributed by atoms with Crippen LogP contribution in [0.3, 0.4) is 0 Å². The van der Waals surface area contributed by atoms with Gasteiger partial charge >= 0.3 is 0 Å². The quantitative estimate of drug-likeness (QED) is 0.814. The zero-order valence-electron chi connectivity index (χ0n) is 10.3. The monoisotopic (exact) mass is 279 g/mol. The van der Waals surface area contributed by atoms with Crippen LogP contribution in [0, 0.1) is 0 Å². The lowest BCUT2D eigenvalue weighted by atomic mass is 10.3. The highest BCUT2D eigenvalue weighted by atomic mass is 35.5. The molecule has 19 heavy (non-hydrogen) atoms. The maximum absolute atomic E-state index is 11.7. The van der Waals surface area contributed by atoms with Crippen LogP contribution < -0.4 is 5.32 Å². The number of aromatic nitrogens is 4. The minimum Gasteiger partial charge on any atom is -0.351 e. The number of hydrogen-bond donors (Lipinski definition) is 1. The number of imidazole rings is 1. The summed E-state index contributed by atoms with van der Waals surface area (Å²) in [7, 11) is 0. The van der Waals surface area contributed by atoms with E-state index in [0.717, 1.165) is 19.4 Å². The summed E-state index contributed by atoms with van der Waals surface area (Å²) >= 11 is 5.67. The lowest BCUT2D eigenvalue weighted by Crippen LogP contribution is -2.25. The van der Waals surface area contributed by atoms with Gasteiger partial charge in [-0.15, -0.1) is 0 Å². The molecule has 0 bridgehead atoms. The third kappa shape index (κ3) is 4.33. The van der Waals surface area contributed by atoms with Gasteiger partial charge in [0.2, 0.25) is 0 Å². The smallest absolute Gasteiger partial charge is 0.271 e. The highest BCUT2D eigenvalue weighted by Gasteiger charge is 2.07. The molecule has 0 fully saturated rings. The lowest BCUT2D eigenvalue weighted by molar-refractivity contribution is 0.0947. The fourth-order valence-corrected chi connectivity index (χ4v) is 1.73. The molecule has 2 aromatic rings. The molecule has 2 rings (SSSR count). The zero-order valence-corrected chi connectivity index (χ0v) is 11.0. The van der Waals surface area contributed by atoms with Crippen molar-refractivity contribution in [2.24, 2.45) is 0 Å². The van der Waals surface area contributed by atoms with Crippen molar-refractivity contribution < 1.29 is 4.79 Å². The highest BCUT2D eigenvalue weighted by molar-refractivity contribution is 6.29. The number of halogens is 1. The van der Waals surface area contributed by atoms with Crippen molar-refractivity contribution >= 4 is 17.5 Å². The van der Waals surface area contributed by atoms with Crippen LogP contribution in [0.15, 0.2) is 31.1 Å². The van der Waals surface area contributed by atoms with Crippen molar-refractivity contribution in [3.8, 4) is 0 Å². The number of amides is 1. The molecule has 0 atom stereocenters. The summed E-state index contributed by atoms with van der Waals surface area (Å²) in [4.78, 5) is 23.4. The molecule has 2 heterocycles. The van der Waals surface area contributed by atoms with E-state index in [1.807, 2.05) is 10.8 Å². The number of nitrogens with one attached hydrogen (secondary N) is 1. The van der Waals surface area contributed by atoms with Crippen LogP contribution in [0.1, 0.15) is 23.3 Å². The molecule has 0 aliphatic carbocycles. The van der Waals surface area contributed by atoms with Crippen molar-refractivity contribution in [1.29, 1.82) is 0 Å². The largest absolute Gasteiger partial charge is 0.351 e. The van der Waals surface area contributed by atoms with Crippen LogP contribution in [0.4, 0.5) is 0 Å². The minimum atomic E-state index is -0.252. The van der Waals surface area contributed by atoms with E-state index >= 15 is 0 Å². The molecule has 100 valence electrons. The molecule has 0 aliphatic heterocycles. The summed E-state index contributed by atoms with van der Waals surface area (Å²) < 4.78 is 2.00. The Labute approximate surface area is 115 Å². The van der Waals surface area contributed by atoms with E-state index in [9.17, 15) is 4.79 Å². The molecule has 6 nitrogen and oxygen atoms in total. The number of hydrogen-bond acceptors (Lipinski definition) is 4. The van der Waals surface area contributed by atoms with Crippen LogP contribution in [0.5, 0.6) is 0 Å². The van der Waals surface area contributed by atoms with E-state index in [1.54, 1.807) is 12.5 Å². The van der Waals surface area contributed by atoms with Crippen LogP contribution in [0.25, 0.3) is 0 Å². The summed E-state index contributed by atoms with van der Waals surface area (Å²) in [6.07, 6.45) is 10.1. The topological polar surface area (TPSA) is 72.7 Å². The third-order valence-electron chi connectivity index (χ3n) is 2.53. The van der Waals surface area contributed by atoms with Crippen molar-refractivity contribution in [3.05, 3.63) is 42.0 Å². The molecule has 7 heteroatoms. The Morgan fingerprint density at radius 2 is 2.21 bits per heavy atom. The van der Waals surface area contributed by atoms with Crippen LogP contribution in [-0.2, 0) is 6.54 Å². The first-order chi connectivity index (χ1) is 9.25. The first kappa shape index (κ1) is 13.5. The standard InChI is InChI=1S/C12H14ClN5O/c13-11-8-15-7-10(17-11)12(19)16-3-1-2-5-18-6-4-14-9-18/h4,6-9H,1-3,5H2,(H,16,19). The normalized spacial score (nSPS) is 10.4. The van der Waals surface area contributed by atoms with Crippen LogP contribution in [0.2, 0.25) is 5.15 Å². The number of carbonyl (C=O) groups excluding carboxylic acids is 1. The second-order valence-electron chi connectivity index (χ2n) is 3.99. The van der Waals surface area contributed by atoms with Gasteiger partial charge in [0.05, 0.1) is 18.7 Å². The number of rotatable bonds is 6. The Balaban J connectivity index is 1.67. The molecular weight excluding hydrogens is 266 g/mol. The van der Waals surface area contributed by atoms with Crippen molar-refractivity contribution in [2.75, 3.05) is 6.54 Å². The Morgan fingerprint density at radius 1 is 1.32 bits per heavy atom. The van der Waals surface area contributed by atoms with Gasteiger partial charge < -0.3 is 9.88 Å². The van der Waals surface area contributed by atoms with Gasteiger partial charge in [0.15, 0.2) is 0 Å². The van der Waals surface area contributed by atoms with Crippen LogP contribution >= 0.6 is 11.6 Å². The molecule has 1 amide bonds. The number of carbonyl (C=O) groups is 1. The van der Waals surface area contributed by atoms with E-state index in [4.69, 9.17) is 11.6 Å². The highest BCUT2D eigenvalue weighted by Crippen LogP contribution is 2.02. The summed E-state index contributed by atoms with van der Waals surface area (Å²) in [5.74, 6) is -0.252. The number of aryl methyl sites for hydroxylation is 1. The Hall–Kier alpha value is -1.95. The van der Waals surface area contributed by atoms with E-state index in [2.05, 4.69) is 20.3 Å². The zero-order chi connectivity index (χ0) is 13.5. The van der Waals surface area contributed by atoms with E-state index in [-0.39, 0.29) is 16.8 Å². The average Bonchev–Trinajstić information content (AvgIpc) is 2.91. The molecule has 0 spiro atoms. The second-order valence-corrected chi connectivity index (χ2v) is 4.38. The maximum atomic E-state index is 11.7. The maximum Gasteiger partial charge on any atom is 0.271 e. The molecule has 2 aromatic heterocycles. The molecule has 0 saturated carbocycles. The molecule has 1 N–H and O–H groups in total. The Bertz CT molecular complexity index is 529. The van der Waals surface area contributed by atoms with Crippen molar-refractivity contribution in [1.82, 2.24) is 24.8 Å².